The van der Waals surface area contributed by atoms with Crippen LogP contribution in [0.2, 0.25) is 0 Å². The number of hydrogen-bond donors (Lipinski definition) is 1. The molecule has 0 atom stereocenters. The van der Waals surface area contributed by atoms with Crippen molar-refractivity contribution in [3.8, 4) is 16.9 Å². The number of aryl methyl sites for hydroxylation is 1. The van der Waals surface area contributed by atoms with Gasteiger partial charge in [-0.1, -0.05) is 51.2 Å². The molecule has 0 saturated carbocycles. The fraction of sp³-hybridized carbons (Fsp3) is 0.375. The fourth-order valence-electron chi connectivity index (χ4n) is 3.78. The van der Waals surface area contributed by atoms with Gasteiger partial charge in [0.05, 0.1) is 18.2 Å². The predicted molar refractivity (Wildman–Crippen MR) is 113 cm³/mol. The predicted octanol–water partition coefficient (Wildman–Crippen LogP) is 6.22. The van der Waals surface area contributed by atoms with E-state index >= 15 is 0 Å². The second-order valence-electron chi connectivity index (χ2n) is 7.27. The molecule has 0 spiro atoms. The van der Waals surface area contributed by atoms with E-state index in [1.807, 2.05) is 41.1 Å². The van der Waals surface area contributed by atoms with E-state index in [-0.39, 0.29) is 0 Å². The molecule has 3 aromatic rings. The van der Waals surface area contributed by atoms with E-state index in [2.05, 4.69) is 19.1 Å². The summed E-state index contributed by atoms with van der Waals surface area (Å²) in [4.78, 5) is 12.0. The third-order valence-electron chi connectivity index (χ3n) is 5.27. The van der Waals surface area contributed by atoms with Crippen LogP contribution in [0.5, 0.6) is 5.75 Å². The summed E-state index contributed by atoms with van der Waals surface area (Å²) in [6, 6.07) is 11.7. The number of nitrogens with zero attached hydrogens (tertiary/aromatic N) is 1. The van der Waals surface area contributed by atoms with Gasteiger partial charge < -0.3 is 14.2 Å². The number of ether oxygens (including phenoxy) is 1. The van der Waals surface area contributed by atoms with E-state index in [0.29, 0.717) is 22.4 Å². The number of rotatable bonds is 10. The van der Waals surface area contributed by atoms with Crippen LogP contribution < -0.4 is 4.74 Å². The van der Waals surface area contributed by atoms with E-state index in [4.69, 9.17) is 4.74 Å². The summed E-state index contributed by atoms with van der Waals surface area (Å²) in [7, 11) is 1.63. The molecule has 0 saturated heterocycles. The SMILES string of the molecule is CCCCCCCCc1ccc(OC)c(-c2cn3ccccc3c2C(=O)O)c1. The average molecular weight is 380 g/mol. The number of benzene rings is 1. The Morgan fingerprint density at radius 2 is 1.82 bits per heavy atom. The van der Waals surface area contributed by atoms with Gasteiger partial charge in [-0.25, -0.2) is 4.79 Å². The van der Waals surface area contributed by atoms with Crippen LogP contribution in [-0.2, 0) is 6.42 Å². The number of pyridine rings is 1. The number of methoxy groups -OCH3 is 1. The molecule has 0 aliphatic rings. The molecule has 1 N–H and O–H groups in total. The summed E-state index contributed by atoms with van der Waals surface area (Å²) in [5.74, 6) is -0.225. The maximum atomic E-state index is 12.0. The lowest BCUT2D eigenvalue weighted by molar-refractivity contribution is 0.0700. The van der Waals surface area contributed by atoms with Crippen molar-refractivity contribution in [1.82, 2.24) is 4.40 Å². The molecule has 1 aromatic carbocycles. The highest BCUT2D eigenvalue weighted by Crippen LogP contribution is 2.36. The number of fused-ring (bicyclic) bond motifs is 1. The molecule has 28 heavy (non-hydrogen) atoms. The zero-order valence-electron chi connectivity index (χ0n) is 16.8. The van der Waals surface area contributed by atoms with Gasteiger partial charge >= 0.3 is 5.97 Å². The van der Waals surface area contributed by atoms with Gasteiger partial charge in [0.2, 0.25) is 0 Å². The Morgan fingerprint density at radius 1 is 1.04 bits per heavy atom. The summed E-state index contributed by atoms with van der Waals surface area (Å²) in [5, 5.41) is 9.84. The van der Waals surface area contributed by atoms with Crippen molar-refractivity contribution >= 4 is 11.5 Å². The lowest BCUT2D eigenvalue weighted by Gasteiger charge is -2.11. The average Bonchev–Trinajstić information content (AvgIpc) is 3.10. The number of carboxylic acid groups (broad SMARTS) is 1. The third kappa shape index (κ3) is 4.38. The number of aromatic carboxylic acids is 1. The second kappa shape index (κ2) is 9.45. The van der Waals surface area contributed by atoms with Gasteiger partial charge in [0.1, 0.15) is 5.75 Å². The zero-order valence-corrected chi connectivity index (χ0v) is 16.8. The number of carbonyl (C=O) groups is 1. The van der Waals surface area contributed by atoms with Crippen molar-refractivity contribution in [2.75, 3.05) is 7.11 Å². The molecule has 0 aliphatic heterocycles. The van der Waals surface area contributed by atoms with E-state index in [9.17, 15) is 9.90 Å². The maximum absolute atomic E-state index is 12.0. The van der Waals surface area contributed by atoms with Crippen LogP contribution in [0.25, 0.3) is 16.6 Å². The molecule has 2 aromatic heterocycles. The molecular weight excluding hydrogens is 350 g/mol. The van der Waals surface area contributed by atoms with Gasteiger partial charge in [-0.15, -0.1) is 0 Å². The quantitative estimate of drug-likeness (QED) is 0.426. The number of carboxylic acids is 1. The van der Waals surface area contributed by atoms with Gasteiger partial charge in [-0.3, -0.25) is 0 Å². The number of unbranched alkanes of at least 4 members (excludes halogenated alkanes) is 5. The third-order valence-corrected chi connectivity index (χ3v) is 5.27. The van der Waals surface area contributed by atoms with Crippen molar-refractivity contribution in [2.45, 2.75) is 51.9 Å². The first-order valence-electron chi connectivity index (χ1n) is 10.2. The lowest BCUT2D eigenvalue weighted by atomic mass is 9.97. The van der Waals surface area contributed by atoms with Crippen molar-refractivity contribution in [3.63, 3.8) is 0 Å². The van der Waals surface area contributed by atoms with Gasteiger partial charge in [0, 0.05) is 23.5 Å². The maximum Gasteiger partial charge on any atom is 0.338 e. The molecule has 0 amide bonds. The summed E-state index contributed by atoms with van der Waals surface area (Å²) >= 11 is 0. The molecule has 3 rings (SSSR count). The lowest BCUT2D eigenvalue weighted by Crippen LogP contribution is -1.99. The smallest absolute Gasteiger partial charge is 0.338 e. The minimum absolute atomic E-state index is 0.315. The van der Waals surface area contributed by atoms with Crippen molar-refractivity contribution < 1.29 is 14.6 Å². The van der Waals surface area contributed by atoms with Crippen LogP contribution >= 0.6 is 0 Å². The van der Waals surface area contributed by atoms with Gasteiger partial charge in [0.25, 0.3) is 0 Å². The topological polar surface area (TPSA) is 50.9 Å². The molecule has 0 unspecified atom stereocenters. The van der Waals surface area contributed by atoms with Crippen molar-refractivity contribution in [2.24, 2.45) is 0 Å². The first kappa shape index (κ1) is 20.0. The molecule has 0 fully saturated rings. The molecule has 0 radical (unpaired) electrons. The van der Waals surface area contributed by atoms with Crippen LogP contribution in [-0.4, -0.2) is 22.6 Å². The largest absolute Gasteiger partial charge is 0.496 e. The molecule has 2 heterocycles. The Labute approximate surface area is 166 Å². The van der Waals surface area contributed by atoms with E-state index in [1.54, 1.807) is 7.11 Å². The Bertz CT molecular complexity index is 942. The van der Waals surface area contributed by atoms with Crippen LogP contribution in [0.1, 0.15) is 61.4 Å². The van der Waals surface area contributed by atoms with Crippen molar-refractivity contribution in [1.29, 1.82) is 0 Å². The molecule has 0 bridgehead atoms. The Balaban J connectivity index is 1.90. The molecule has 148 valence electrons. The normalized spacial score (nSPS) is 11.1. The Morgan fingerprint density at radius 3 is 2.57 bits per heavy atom. The van der Waals surface area contributed by atoms with Crippen LogP contribution in [0, 0.1) is 0 Å². The molecule has 4 heteroatoms. The Kier molecular flexibility index (Phi) is 6.75. The summed E-state index contributed by atoms with van der Waals surface area (Å²) in [5.41, 5.74) is 3.76. The zero-order chi connectivity index (χ0) is 19.9. The highest BCUT2D eigenvalue weighted by Gasteiger charge is 2.21. The highest BCUT2D eigenvalue weighted by molar-refractivity contribution is 6.04. The number of aromatic nitrogens is 1. The van der Waals surface area contributed by atoms with E-state index < -0.39 is 5.97 Å². The standard InChI is InChI=1S/C24H29NO3/c1-3-4-5-6-7-8-11-18-13-14-22(28-2)19(16-18)20-17-25-15-10-9-12-21(25)23(20)24(26)27/h9-10,12-17H,3-8,11H2,1-2H3,(H,26,27). The Hall–Kier alpha value is -2.75. The minimum atomic E-state index is -0.924. The fourth-order valence-corrected chi connectivity index (χ4v) is 3.78. The molecule has 0 aliphatic carbocycles. The van der Waals surface area contributed by atoms with Crippen LogP contribution in [0.4, 0.5) is 0 Å². The van der Waals surface area contributed by atoms with Gasteiger partial charge in [-0.2, -0.15) is 0 Å². The summed E-state index contributed by atoms with van der Waals surface area (Å²) in [6.07, 6.45) is 12.3. The summed E-state index contributed by atoms with van der Waals surface area (Å²) < 4.78 is 7.41. The highest BCUT2D eigenvalue weighted by atomic mass is 16.5. The molecule has 4 nitrogen and oxygen atoms in total. The van der Waals surface area contributed by atoms with E-state index in [0.717, 1.165) is 18.4 Å². The van der Waals surface area contributed by atoms with Crippen LogP contribution in [0.15, 0.2) is 48.8 Å². The van der Waals surface area contributed by atoms with Gasteiger partial charge in [0.15, 0.2) is 0 Å². The summed E-state index contributed by atoms with van der Waals surface area (Å²) in [6.45, 7) is 2.23. The van der Waals surface area contributed by atoms with Crippen LogP contribution in [0.3, 0.4) is 0 Å². The molecular formula is C24H29NO3. The van der Waals surface area contributed by atoms with Crippen molar-refractivity contribution in [3.05, 3.63) is 59.9 Å². The number of hydrogen-bond acceptors (Lipinski definition) is 2. The first-order chi connectivity index (χ1) is 13.7. The monoisotopic (exact) mass is 379 g/mol. The van der Waals surface area contributed by atoms with Gasteiger partial charge in [-0.05, 0) is 42.7 Å². The minimum Gasteiger partial charge on any atom is -0.496 e. The second-order valence-corrected chi connectivity index (χ2v) is 7.27. The van der Waals surface area contributed by atoms with E-state index in [1.165, 1.54) is 37.7 Å². The first-order valence-corrected chi connectivity index (χ1v) is 10.2.